The molecule has 4 atom stereocenters. The number of ether oxygens (including phenoxy) is 2. The molecule has 35 heavy (non-hydrogen) atoms. The standard InChI is InChI=1S/C24H30ClFN6O3/c1-11(2)27-9-19-30-22-15(26)5-13(6-17(22)32(19)12(3)4)21-14(25)8-28-24(31-21)29-16-7-20-34-10-18(35-20)23(16)33/h5-6,8,11-12,16,18,20,23,27,33H,7,9-10H2,1-4H3,(H,28,29,31)/t16?,18-,20-,23-/m0/s1. The molecule has 4 heterocycles. The van der Waals surface area contributed by atoms with Gasteiger partial charge in [0.05, 0.1) is 41.6 Å². The van der Waals surface area contributed by atoms with E-state index in [2.05, 4.69) is 39.4 Å². The molecule has 9 nitrogen and oxygen atoms in total. The Morgan fingerprint density at radius 1 is 1.26 bits per heavy atom. The van der Waals surface area contributed by atoms with Gasteiger partial charge in [-0.15, -0.1) is 0 Å². The highest BCUT2D eigenvalue weighted by molar-refractivity contribution is 6.33. The lowest BCUT2D eigenvalue weighted by Crippen LogP contribution is -2.48. The van der Waals surface area contributed by atoms with E-state index in [4.69, 9.17) is 21.1 Å². The van der Waals surface area contributed by atoms with Crippen LogP contribution in [0.25, 0.3) is 22.3 Å². The number of aliphatic hydroxyl groups excluding tert-OH is 1. The summed E-state index contributed by atoms with van der Waals surface area (Å²) in [6, 6.07) is 3.27. The molecule has 2 aliphatic heterocycles. The average molecular weight is 505 g/mol. The van der Waals surface area contributed by atoms with Crippen molar-refractivity contribution in [2.24, 2.45) is 0 Å². The number of anilines is 1. The van der Waals surface area contributed by atoms with E-state index in [9.17, 15) is 5.11 Å². The van der Waals surface area contributed by atoms with Crippen LogP contribution in [0.4, 0.5) is 10.3 Å². The molecule has 2 saturated heterocycles. The monoisotopic (exact) mass is 504 g/mol. The third kappa shape index (κ3) is 4.73. The van der Waals surface area contributed by atoms with Crippen molar-refractivity contribution in [2.45, 2.75) is 77.3 Å². The number of imidazole rings is 1. The highest BCUT2D eigenvalue weighted by atomic mass is 35.5. The molecule has 2 fully saturated rings. The molecule has 0 radical (unpaired) electrons. The van der Waals surface area contributed by atoms with Crippen molar-refractivity contribution < 1.29 is 19.0 Å². The summed E-state index contributed by atoms with van der Waals surface area (Å²) >= 11 is 6.46. The van der Waals surface area contributed by atoms with Crippen molar-refractivity contribution >= 4 is 28.6 Å². The van der Waals surface area contributed by atoms with Crippen molar-refractivity contribution in [3.63, 3.8) is 0 Å². The lowest BCUT2D eigenvalue weighted by atomic mass is 10.0. The molecule has 11 heteroatoms. The largest absolute Gasteiger partial charge is 0.388 e. The molecular formula is C24H30ClFN6O3. The Labute approximate surface area is 208 Å². The Balaban J connectivity index is 1.50. The minimum atomic E-state index is -0.761. The topological polar surface area (TPSA) is 106 Å². The van der Waals surface area contributed by atoms with Gasteiger partial charge in [0, 0.05) is 24.1 Å². The lowest BCUT2D eigenvalue weighted by Gasteiger charge is -2.32. The fourth-order valence-electron chi connectivity index (χ4n) is 4.67. The van der Waals surface area contributed by atoms with Gasteiger partial charge < -0.3 is 29.8 Å². The van der Waals surface area contributed by atoms with Crippen LogP contribution in [0.1, 0.15) is 46.0 Å². The highest BCUT2D eigenvalue weighted by Crippen LogP contribution is 2.33. The zero-order valence-electron chi connectivity index (χ0n) is 20.1. The summed E-state index contributed by atoms with van der Waals surface area (Å²) in [5.41, 5.74) is 1.90. The van der Waals surface area contributed by atoms with Crippen molar-refractivity contribution in [3.8, 4) is 11.3 Å². The first kappa shape index (κ1) is 24.3. The number of halogens is 2. The molecule has 3 N–H and O–H groups in total. The van der Waals surface area contributed by atoms with Crippen LogP contribution in [-0.4, -0.2) is 61.8 Å². The SMILES string of the molecule is CC(C)NCc1nc2c(F)cc(-c3nc(NC4C[C@H]5OC[C@H](O5)[C@H]4O)ncc3Cl)cc2n1C(C)C. The molecule has 1 unspecified atom stereocenters. The Bertz CT molecular complexity index is 1240. The van der Waals surface area contributed by atoms with Crippen LogP contribution in [-0.2, 0) is 16.0 Å². The second kappa shape index (κ2) is 9.59. The predicted molar refractivity (Wildman–Crippen MR) is 131 cm³/mol. The Morgan fingerprint density at radius 3 is 2.80 bits per heavy atom. The van der Waals surface area contributed by atoms with Crippen LogP contribution in [0.5, 0.6) is 0 Å². The first-order valence-electron chi connectivity index (χ1n) is 11.9. The van der Waals surface area contributed by atoms with E-state index in [1.54, 1.807) is 0 Å². The first-order chi connectivity index (χ1) is 16.7. The quantitative estimate of drug-likeness (QED) is 0.447. The van der Waals surface area contributed by atoms with Crippen molar-refractivity contribution in [1.29, 1.82) is 0 Å². The Kier molecular flexibility index (Phi) is 6.67. The zero-order chi connectivity index (χ0) is 24.9. The van der Waals surface area contributed by atoms with E-state index >= 15 is 4.39 Å². The number of aromatic nitrogens is 4. The molecule has 3 aromatic rings. The normalized spacial score (nSPS) is 24.1. The predicted octanol–water partition coefficient (Wildman–Crippen LogP) is 3.65. The molecule has 2 bridgehead atoms. The smallest absolute Gasteiger partial charge is 0.223 e. The Hall–Kier alpha value is -2.37. The van der Waals surface area contributed by atoms with Gasteiger partial charge in [0.25, 0.3) is 0 Å². The number of hydrogen-bond donors (Lipinski definition) is 3. The van der Waals surface area contributed by atoms with Gasteiger partial charge in [-0.2, -0.15) is 0 Å². The summed E-state index contributed by atoms with van der Waals surface area (Å²) < 4.78 is 28.4. The van der Waals surface area contributed by atoms with Crippen LogP contribution in [0.3, 0.4) is 0 Å². The fraction of sp³-hybridized carbons (Fsp3) is 0.542. The maximum atomic E-state index is 15.3. The van der Waals surface area contributed by atoms with E-state index in [1.807, 2.05) is 24.5 Å². The maximum Gasteiger partial charge on any atom is 0.223 e. The van der Waals surface area contributed by atoms with Gasteiger partial charge in [-0.1, -0.05) is 25.4 Å². The number of fused-ring (bicyclic) bond motifs is 3. The minimum absolute atomic E-state index is 0.0734. The molecule has 0 amide bonds. The number of benzene rings is 1. The molecule has 5 rings (SSSR count). The van der Waals surface area contributed by atoms with Crippen molar-refractivity contribution in [1.82, 2.24) is 24.8 Å². The fourth-order valence-corrected chi connectivity index (χ4v) is 4.87. The molecule has 2 aliphatic rings. The summed E-state index contributed by atoms with van der Waals surface area (Å²) in [6.45, 7) is 9.08. The highest BCUT2D eigenvalue weighted by Gasteiger charge is 2.43. The number of nitrogens with one attached hydrogen (secondary N) is 2. The van der Waals surface area contributed by atoms with Gasteiger partial charge in [-0.25, -0.2) is 19.3 Å². The van der Waals surface area contributed by atoms with E-state index in [0.717, 1.165) is 5.82 Å². The second-order valence-corrected chi connectivity index (χ2v) is 10.1. The van der Waals surface area contributed by atoms with E-state index < -0.39 is 11.9 Å². The number of aliphatic hydroxyl groups is 1. The van der Waals surface area contributed by atoms with Crippen LogP contribution in [0.15, 0.2) is 18.3 Å². The Morgan fingerprint density at radius 2 is 2.06 bits per heavy atom. The maximum absolute atomic E-state index is 15.3. The summed E-state index contributed by atoms with van der Waals surface area (Å²) in [7, 11) is 0. The molecule has 0 spiro atoms. The summed E-state index contributed by atoms with van der Waals surface area (Å²) in [5, 5.41) is 17.4. The van der Waals surface area contributed by atoms with Crippen LogP contribution < -0.4 is 10.6 Å². The van der Waals surface area contributed by atoms with Gasteiger partial charge >= 0.3 is 0 Å². The van der Waals surface area contributed by atoms with Gasteiger partial charge in [-0.3, -0.25) is 0 Å². The third-order valence-corrected chi connectivity index (χ3v) is 6.63. The van der Waals surface area contributed by atoms with E-state index in [0.29, 0.717) is 46.9 Å². The number of rotatable bonds is 7. The summed E-state index contributed by atoms with van der Waals surface area (Å²) in [4.78, 5) is 13.4. The van der Waals surface area contributed by atoms with Gasteiger partial charge in [-0.05, 0) is 26.0 Å². The van der Waals surface area contributed by atoms with Crippen LogP contribution in [0.2, 0.25) is 5.02 Å². The summed E-state index contributed by atoms with van der Waals surface area (Å²) in [6.07, 6.45) is 0.428. The lowest BCUT2D eigenvalue weighted by molar-refractivity contribution is -0.123. The van der Waals surface area contributed by atoms with Crippen molar-refractivity contribution in [2.75, 3.05) is 11.9 Å². The third-order valence-electron chi connectivity index (χ3n) is 6.35. The van der Waals surface area contributed by atoms with Gasteiger partial charge in [0.1, 0.15) is 23.5 Å². The molecule has 0 saturated carbocycles. The molecule has 1 aromatic carbocycles. The number of nitrogens with zero attached hydrogens (tertiary/aromatic N) is 4. The second-order valence-electron chi connectivity index (χ2n) is 9.66. The summed E-state index contributed by atoms with van der Waals surface area (Å²) in [5.74, 6) is 0.608. The van der Waals surface area contributed by atoms with Crippen LogP contribution >= 0.6 is 11.6 Å². The number of hydrogen-bond acceptors (Lipinski definition) is 8. The van der Waals surface area contributed by atoms with Crippen LogP contribution in [0, 0.1) is 5.82 Å². The molecule has 188 valence electrons. The average Bonchev–Trinajstić information content (AvgIpc) is 3.39. The molecule has 2 aromatic heterocycles. The molecule has 0 aliphatic carbocycles. The van der Waals surface area contributed by atoms with Gasteiger partial charge in [0.15, 0.2) is 12.1 Å². The first-order valence-corrected chi connectivity index (χ1v) is 12.3. The van der Waals surface area contributed by atoms with Crippen molar-refractivity contribution in [3.05, 3.63) is 35.0 Å². The van der Waals surface area contributed by atoms with Gasteiger partial charge in [0.2, 0.25) is 5.95 Å². The minimum Gasteiger partial charge on any atom is -0.388 e. The van der Waals surface area contributed by atoms with E-state index in [1.165, 1.54) is 12.3 Å². The van der Waals surface area contributed by atoms with E-state index in [-0.39, 0.29) is 36.5 Å². The zero-order valence-corrected chi connectivity index (χ0v) is 20.9. The molecular weight excluding hydrogens is 475 g/mol.